The molecule has 0 saturated carbocycles. The van der Waals surface area contributed by atoms with E-state index in [1.54, 1.807) is 14.2 Å². The number of hydrogen-bond acceptors (Lipinski definition) is 4. The Morgan fingerprint density at radius 2 is 1.81 bits per heavy atom. The van der Waals surface area contributed by atoms with E-state index in [9.17, 15) is 0 Å². The molecular formula is C24H31N5O2. The third-order valence-corrected chi connectivity index (χ3v) is 5.12. The molecule has 0 unspecified atom stereocenters. The number of rotatable bonds is 8. The Hall–Kier alpha value is -3.48. The third-order valence-electron chi connectivity index (χ3n) is 5.12. The number of benzene rings is 2. The molecule has 164 valence electrons. The summed E-state index contributed by atoms with van der Waals surface area (Å²) >= 11 is 0. The smallest absolute Gasteiger partial charge is 0.191 e. The second-order valence-corrected chi connectivity index (χ2v) is 7.12. The Morgan fingerprint density at radius 3 is 2.48 bits per heavy atom. The van der Waals surface area contributed by atoms with Gasteiger partial charge in [-0.05, 0) is 45.0 Å². The topological polar surface area (TPSA) is 72.7 Å². The Labute approximate surface area is 184 Å². The molecule has 0 aliphatic carbocycles. The molecule has 0 atom stereocenters. The first-order valence-electron chi connectivity index (χ1n) is 10.4. The first-order valence-corrected chi connectivity index (χ1v) is 10.4. The highest BCUT2D eigenvalue weighted by Gasteiger charge is 2.13. The Morgan fingerprint density at radius 1 is 1.03 bits per heavy atom. The lowest BCUT2D eigenvalue weighted by Crippen LogP contribution is -2.37. The molecule has 0 amide bonds. The molecule has 0 saturated heterocycles. The minimum Gasteiger partial charge on any atom is -0.497 e. The first-order chi connectivity index (χ1) is 15.1. The molecule has 1 heterocycles. The molecule has 0 radical (unpaired) electrons. The van der Waals surface area contributed by atoms with Crippen LogP contribution in [0.2, 0.25) is 0 Å². The Balaban J connectivity index is 1.75. The molecule has 0 aliphatic heterocycles. The summed E-state index contributed by atoms with van der Waals surface area (Å²) < 4.78 is 12.7. The van der Waals surface area contributed by atoms with Gasteiger partial charge < -0.3 is 20.1 Å². The van der Waals surface area contributed by atoms with E-state index < -0.39 is 0 Å². The third kappa shape index (κ3) is 5.36. The van der Waals surface area contributed by atoms with Crippen molar-refractivity contribution < 1.29 is 9.47 Å². The van der Waals surface area contributed by atoms with Crippen LogP contribution in [0.1, 0.15) is 29.4 Å². The van der Waals surface area contributed by atoms with Crippen LogP contribution in [0, 0.1) is 13.8 Å². The quantitative estimate of drug-likeness (QED) is 0.428. The van der Waals surface area contributed by atoms with Gasteiger partial charge in [-0.25, -0.2) is 9.67 Å². The summed E-state index contributed by atoms with van der Waals surface area (Å²) in [6.45, 7) is 8.08. The maximum Gasteiger partial charge on any atom is 0.191 e. The SMILES string of the molecule is CCNC(=NCc1ccc(OC)cc1OC)NCc1c(C)nn(-c2ccccc2)c1C. The lowest BCUT2D eigenvalue weighted by Gasteiger charge is -2.13. The van der Waals surface area contributed by atoms with Gasteiger partial charge in [0.25, 0.3) is 0 Å². The van der Waals surface area contributed by atoms with E-state index in [0.717, 1.165) is 52.2 Å². The fraction of sp³-hybridized carbons (Fsp3) is 0.333. The number of methoxy groups -OCH3 is 2. The van der Waals surface area contributed by atoms with E-state index in [1.165, 1.54) is 0 Å². The molecule has 3 rings (SSSR count). The van der Waals surface area contributed by atoms with Gasteiger partial charge in [-0.1, -0.05) is 18.2 Å². The van der Waals surface area contributed by atoms with E-state index >= 15 is 0 Å². The zero-order chi connectivity index (χ0) is 22.2. The number of guanidine groups is 1. The molecule has 0 fully saturated rings. The minimum absolute atomic E-state index is 0.490. The van der Waals surface area contributed by atoms with Crippen LogP contribution in [0.25, 0.3) is 5.69 Å². The highest BCUT2D eigenvalue weighted by Crippen LogP contribution is 2.25. The number of hydrogen-bond donors (Lipinski definition) is 2. The van der Waals surface area contributed by atoms with Crippen LogP contribution in [0.4, 0.5) is 0 Å². The highest BCUT2D eigenvalue weighted by molar-refractivity contribution is 5.79. The van der Waals surface area contributed by atoms with Crippen molar-refractivity contribution in [2.75, 3.05) is 20.8 Å². The van der Waals surface area contributed by atoms with Crippen molar-refractivity contribution in [3.05, 3.63) is 71.0 Å². The van der Waals surface area contributed by atoms with Gasteiger partial charge in [0.15, 0.2) is 5.96 Å². The van der Waals surface area contributed by atoms with Gasteiger partial charge in [0.2, 0.25) is 0 Å². The molecule has 7 nitrogen and oxygen atoms in total. The predicted octanol–water partition coefficient (Wildman–Crippen LogP) is 3.76. The number of aryl methyl sites for hydroxylation is 1. The average Bonchev–Trinajstić information content (AvgIpc) is 3.09. The summed E-state index contributed by atoms with van der Waals surface area (Å²) in [4.78, 5) is 4.73. The van der Waals surface area contributed by atoms with Crippen LogP contribution in [-0.2, 0) is 13.1 Å². The lowest BCUT2D eigenvalue weighted by molar-refractivity contribution is 0.391. The van der Waals surface area contributed by atoms with Crippen molar-refractivity contribution in [3.63, 3.8) is 0 Å². The summed E-state index contributed by atoms with van der Waals surface area (Å²) in [7, 11) is 3.30. The first kappa shape index (κ1) is 22.2. The van der Waals surface area contributed by atoms with Crippen LogP contribution < -0.4 is 20.1 Å². The van der Waals surface area contributed by atoms with Crippen molar-refractivity contribution in [1.29, 1.82) is 0 Å². The average molecular weight is 422 g/mol. The van der Waals surface area contributed by atoms with Gasteiger partial charge in [0.1, 0.15) is 11.5 Å². The molecule has 1 aromatic heterocycles. The summed E-state index contributed by atoms with van der Waals surface area (Å²) in [6.07, 6.45) is 0. The zero-order valence-corrected chi connectivity index (χ0v) is 18.9. The van der Waals surface area contributed by atoms with E-state index in [1.807, 2.05) is 48.0 Å². The molecule has 0 bridgehead atoms. The number of nitrogens with one attached hydrogen (secondary N) is 2. The lowest BCUT2D eigenvalue weighted by atomic mass is 10.2. The largest absolute Gasteiger partial charge is 0.497 e. The monoisotopic (exact) mass is 421 g/mol. The van der Waals surface area contributed by atoms with Gasteiger partial charge in [-0.2, -0.15) is 5.10 Å². The summed E-state index contributed by atoms with van der Waals surface area (Å²) in [6, 6.07) is 15.9. The zero-order valence-electron chi connectivity index (χ0n) is 18.9. The van der Waals surface area contributed by atoms with E-state index in [-0.39, 0.29) is 0 Å². The van der Waals surface area contributed by atoms with Gasteiger partial charge in [0.05, 0.1) is 32.1 Å². The molecular weight excluding hydrogens is 390 g/mol. The van der Waals surface area contributed by atoms with Gasteiger partial charge in [0, 0.05) is 36.0 Å². The standard InChI is InChI=1S/C24H31N5O2/c1-6-25-24(26-15-19-12-13-21(30-4)14-23(19)31-5)27-16-22-17(2)28-29(18(22)3)20-10-8-7-9-11-20/h7-14H,6,15-16H2,1-5H3,(H2,25,26,27). The maximum atomic E-state index is 5.48. The van der Waals surface area contributed by atoms with E-state index in [0.29, 0.717) is 13.1 Å². The predicted molar refractivity (Wildman–Crippen MR) is 124 cm³/mol. The van der Waals surface area contributed by atoms with Crippen LogP contribution in [0.15, 0.2) is 53.5 Å². The number of aromatic nitrogens is 2. The van der Waals surface area contributed by atoms with Crippen LogP contribution in [0.3, 0.4) is 0 Å². The molecule has 0 aliphatic rings. The van der Waals surface area contributed by atoms with Crippen LogP contribution in [0.5, 0.6) is 11.5 Å². The summed E-state index contributed by atoms with van der Waals surface area (Å²) in [5.74, 6) is 2.26. The van der Waals surface area contributed by atoms with Crippen LogP contribution >= 0.6 is 0 Å². The fourth-order valence-electron chi connectivity index (χ4n) is 3.41. The van der Waals surface area contributed by atoms with Crippen molar-refractivity contribution in [2.45, 2.75) is 33.9 Å². The number of para-hydroxylation sites is 1. The normalized spacial score (nSPS) is 11.3. The Kier molecular flexibility index (Phi) is 7.54. The number of ether oxygens (including phenoxy) is 2. The second kappa shape index (κ2) is 10.5. The van der Waals surface area contributed by atoms with E-state index in [2.05, 4.69) is 36.6 Å². The summed E-state index contributed by atoms with van der Waals surface area (Å²) in [5, 5.41) is 11.5. The van der Waals surface area contributed by atoms with Crippen molar-refractivity contribution >= 4 is 5.96 Å². The fourth-order valence-corrected chi connectivity index (χ4v) is 3.41. The summed E-state index contributed by atoms with van der Waals surface area (Å²) in [5.41, 5.74) is 5.33. The molecule has 2 N–H and O–H groups in total. The molecule has 3 aromatic rings. The van der Waals surface area contributed by atoms with Crippen molar-refractivity contribution in [2.24, 2.45) is 4.99 Å². The number of aliphatic imine (C=N–C) groups is 1. The molecule has 7 heteroatoms. The van der Waals surface area contributed by atoms with Gasteiger partial charge in [-0.15, -0.1) is 0 Å². The van der Waals surface area contributed by atoms with Gasteiger partial charge in [-0.3, -0.25) is 0 Å². The number of nitrogens with zero attached hydrogens (tertiary/aromatic N) is 3. The van der Waals surface area contributed by atoms with E-state index in [4.69, 9.17) is 19.6 Å². The molecule has 31 heavy (non-hydrogen) atoms. The van der Waals surface area contributed by atoms with Crippen LogP contribution in [-0.4, -0.2) is 36.5 Å². The Bertz CT molecular complexity index is 1030. The maximum absolute atomic E-state index is 5.48. The highest BCUT2D eigenvalue weighted by atomic mass is 16.5. The van der Waals surface area contributed by atoms with Gasteiger partial charge >= 0.3 is 0 Å². The van der Waals surface area contributed by atoms with Crippen molar-refractivity contribution in [3.8, 4) is 17.2 Å². The minimum atomic E-state index is 0.490. The molecule has 0 spiro atoms. The molecule has 2 aromatic carbocycles. The second-order valence-electron chi connectivity index (χ2n) is 7.12. The van der Waals surface area contributed by atoms with Crippen molar-refractivity contribution in [1.82, 2.24) is 20.4 Å².